The molecule has 4 heterocycles. The Morgan fingerprint density at radius 3 is 2.67 bits per heavy atom. The van der Waals surface area contributed by atoms with Gasteiger partial charge in [-0.2, -0.15) is 4.99 Å². The minimum atomic E-state index is -1.18. The van der Waals surface area contributed by atoms with Crippen LogP contribution in [0.25, 0.3) is 10.2 Å². The van der Waals surface area contributed by atoms with Crippen LogP contribution in [0, 0.1) is 6.92 Å². The van der Waals surface area contributed by atoms with Gasteiger partial charge in [-0.15, -0.1) is 21.5 Å². The molecule has 5 rings (SSSR count). The van der Waals surface area contributed by atoms with E-state index < -0.39 is 8.07 Å². The Bertz CT molecular complexity index is 1640. The molecule has 0 amide bonds. The highest BCUT2D eigenvalue weighted by atomic mass is 32.1. The number of aryl methyl sites for hydroxylation is 1. The molecule has 3 aromatic heterocycles. The van der Waals surface area contributed by atoms with Crippen molar-refractivity contribution in [1.82, 2.24) is 25.1 Å². The first-order chi connectivity index (χ1) is 20.6. The van der Waals surface area contributed by atoms with Gasteiger partial charge in [0.1, 0.15) is 6.73 Å². The molecule has 1 aliphatic rings. The number of nitrogens with zero attached hydrogens (tertiary/aromatic N) is 6. The number of aromatic nitrogens is 4. The van der Waals surface area contributed by atoms with Gasteiger partial charge >= 0.3 is 5.97 Å². The van der Waals surface area contributed by atoms with Gasteiger partial charge in [0.15, 0.2) is 27.3 Å². The zero-order valence-electron chi connectivity index (χ0n) is 25.8. The summed E-state index contributed by atoms with van der Waals surface area (Å²) >= 11 is 3.15. The van der Waals surface area contributed by atoms with E-state index in [9.17, 15) is 4.79 Å². The predicted molar refractivity (Wildman–Crippen MR) is 177 cm³/mol. The number of benzene rings is 1. The molecular formula is C30H41N7O3S2Si. The summed E-state index contributed by atoms with van der Waals surface area (Å²) in [6, 6.07) is 11.3. The fraction of sp³-hybridized carbons (Fsp3) is 0.500. The Kier molecular flexibility index (Phi) is 10.1. The third-order valence-electron chi connectivity index (χ3n) is 7.40. The maximum Gasteiger partial charge on any atom is 0.358 e. The molecule has 1 saturated heterocycles. The number of thiazole rings is 2. The fourth-order valence-corrected chi connectivity index (χ4v) is 7.83. The van der Waals surface area contributed by atoms with Crippen LogP contribution in [0.15, 0.2) is 35.3 Å². The Morgan fingerprint density at radius 2 is 1.95 bits per heavy atom. The fourth-order valence-electron chi connectivity index (χ4n) is 4.86. The summed E-state index contributed by atoms with van der Waals surface area (Å²) in [5, 5.41) is 13.1. The molecule has 0 saturated carbocycles. The van der Waals surface area contributed by atoms with E-state index in [0.29, 0.717) is 35.8 Å². The molecule has 13 heteroatoms. The van der Waals surface area contributed by atoms with E-state index in [1.807, 2.05) is 44.0 Å². The normalized spacial score (nSPS) is 14.9. The SMILES string of the molecule is CCOC(=O)c1nc(N(C)c2cc(C)c(/N=c3\sc4ccccc4n3COCC[Si](C)(C)C)nn2)sc1C1CCNCC1. The second-order valence-electron chi connectivity index (χ2n) is 12.0. The second kappa shape index (κ2) is 13.8. The van der Waals surface area contributed by atoms with Crippen molar-refractivity contribution in [3.63, 3.8) is 0 Å². The minimum Gasteiger partial charge on any atom is -0.461 e. The monoisotopic (exact) mass is 639 g/mol. The van der Waals surface area contributed by atoms with Gasteiger partial charge in [0, 0.05) is 26.6 Å². The van der Waals surface area contributed by atoms with Gasteiger partial charge in [0.25, 0.3) is 0 Å². The number of fused-ring (bicyclic) bond motifs is 1. The molecule has 43 heavy (non-hydrogen) atoms. The lowest BCUT2D eigenvalue weighted by Crippen LogP contribution is -2.27. The van der Waals surface area contributed by atoms with E-state index in [1.54, 1.807) is 11.3 Å². The van der Waals surface area contributed by atoms with Gasteiger partial charge in [0.05, 0.1) is 16.8 Å². The van der Waals surface area contributed by atoms with Crippen LogP contribution in [-0.2, 0) is 16.2 Å². The molecule has 1 aromatic carbocycles. The van der Waals surface area contributed by atoms with Crippen molar-refractivity contribution in [1.29, 1.82) is 0 Å². The van der Waals surface area contributed by atoms with Crippen LogP contribution in [0.5, 0.6) is 0 Å². The first-order valence-corrected chi connectivity index (χ1v) is 20.2. The third kappa shape index (κ3) is 7.58. The molecule has 10 nitrogen and oxygen atoms in total. The Balaban J connectivity index is 1.42. The molecule has 0 aliphatic carbocycles. The number of anilines is 2. The summed E-state index contributed by atoms with van der Waals surface area (Å²) in [5.41, 5.74) is 2.39. The summed E-state index contributed by atoms with van der Waals surface area (Å²) in [6.45, 7) is 14.2. The first-order valence-electron chi connectivity index (χ1n) is 14.8. The predicted octanol–water partition coefficient (Wildman–Crippen LogP) is 6.21. The lowest BCUT2D eigenvalue weighted by Gasteiger charge is -2.21. The average molecular weight is 640 g/mol. The second-order valence-corrected chi connectivity index (χ2v) is 19.6. The van der Waals surface area contributed by atoms with Crippen molar-refractivity contribution >= 4 is 63.7 Å². The summed E-state index contributed by atoms with van der Waals surface area (Å²) in [7, 11) is 0.719. The highest BCUT2D eigenvalue weighted by molar-refractivity contribution is 7.16. The summed E-state index contributed by atoms with van der Waals surface area (Å²) < 4.78 is 14.7. The number of hydrogen-bond acceptors (Lipinski definition) is 11. The molecule has 0 radical (unpaired) electrons. The molecule has 0 atom stereocenters. The highest BCUT2D eigenvalue weighted by Gasteiger charge is 2.28. The van der Waals surface area contributed by atoms with E-state index in [-0.39, 0.29) is 11.9 Å². The lowest BCUT2D eigenvalue weighted by molar-refractivity contribution is 0.0518. The number of rotatable bonds is 11. The standard InChI is InChI=1S/C30H41N7O3S2Si/c1-7-40-28(38)25-26(21-12-14-31-15-13-21)42-29(32-25)36(3)24-18-20(2)27(35-34-24)33-30-37(19-39-16-17-43(4,5)6)22-10-8-9-11-23(22)41-30/h8-11,18,21,31H,7,12-17,19H2,1-6H3/b33-30-. The zero-order valence-corrected chi connectivity index (χ0v) is 28.5. The number of para-hydroxylation sites is 1. The molecule has 0 bridgehead atoms. The lowest BCUT2D eigenvalue weighted by atomic mass is 9.95. The number of esters is 1. The number of piperidine rings is 1. The van der Waals surface area contributed by atoms with Crippen molar-refractivity contribution in [3.05, 3.63) is 51.3 Å². The van der Waals surface area contributed by atoms with Crippen LogP contribution >= 0.6 is 22.7 Å². The quantitative estimate of drug-likeness (QED) is 0.117. The first kappa shape index (κ1) is 31.5. The van der Waals surface area contributed by atoms with Crippen LogP contribution < -0.4 is 15.0 Å². The molecule has 1 fully saturated rings. The van der Waals surface area contributed by atoms with Crippen LogP contribution in [0.3, 0.4) is 0 Å². The number of ether oxygens (including phenoxy) is 2. The van der Waals surface area contributed by atoms with Crippen molar-refractivity contribution in [2.75, 3.05) is 38.3 Å². The molecule has 0 spiro atoms. The van der Waals surface area contributed by atoms with Gasteiger partial charge in [0.2, 0.25) is 0 Å². The van der Waals surface area contributed by atoms with Gasteiger partial charge in [-0.1, -0.05) is 43.1 Å². The molecule has 1 N–H and O–H groups in total. The number of carbonyl (C=O) groups is 1. The number of nitrogens with one attached hydrogen (secondary N) is 1. The minimum absolute atomic E-state index is 0.279. The summed E-state index contributed by atoms with van der Waals surface area (Å²) in [5.74, 6) is 1.10. The maximum absolute atomic E-state index is 12.8. The van der Waals surface area contributed by atoms with Crippen LogP contribution in [0.1, 0.15) is 46.6 Å². The van der Waals surface area contributed by atoms with Gasteiger partial charge in [-0.25, -0.2) is 9.78 Å². The summed E-state index contributed by atoms with van der Waals surface area (Å²) in [6.07, 6.45) is 1.93. The molecule has 0 unspecified atom stereocenters. The van der Waals surface area contributed by atoms with E-state index in [1.165, 1.54) is 11.3 Å². The largest absolute Gasteiger partial charge is 0.461 e. The molecule has 1 aliphatic heterocycles. The molecule has 230 valence electrons. The summed E-state index contributed by atoms with van der Waals surface area (Å²) in [4.78, 5) is 26.2. The average Bonchev–Trinajstić information content (AvgIpc) is 3.58. The molecule has 4 aromatic rings. The van der Waals surface area contributed by atoms with Gasteiger partial charge < -0.3 is 19.7 Å². The zero-order chi connectivity index (χ0) is 30.6. The van der Waals surface area contributed by atoms with Crippen molar-refractivity contribution in [2.24, 2.45) is 4.99 Å². The Hall–Kier alpha value is -2.97. The molecular weight excluding hydrogens is 599 g/mol. The Morgan fingerprint density at radius 1 is 1.19 bits per heavy atom. The topological polar surface area (TPSA) is 107 Å². The Labute approximate surface area is 261 Å². The van der Waals surface area contributed by atoms with Crippen LogP contribution in [0.4, 0.5) is 16.8 Å². The van der Waals surface area contributed by atoms with E-state index in [4.69, 9.17) is 19.5 Å². The highest BCUT2D eigenvalue weighted by Crippen LogP contribution is 2.38. The number of hydrogen-bond donors (Lipinski definition) is 1. The van der Waals surface area contributed by atoms with Crippen molar-refractivity contribution in [3.8, 4) is 0 Å². The van der Waals surface area contributed by atoms with Gasteiger partial charge in [-0.05, 0) is 75.5 Å². The van der Waals surface area contributed by atoms with E-state index in [0.717, 1.165) is 64.0 Å². The van der Waals surface area contributed by atoms with Crippen LogP contribution in [0.2, 0.25) is 25.7 Å². The van der Waals surface area contributed by atoms with E-state index >= 15 is 0 Å². The smallest absolute Gasteiger partial charge is 0.358 e. The van der Waals surface area contributed by atoms with Gasteiger partial charge in [-0.3, -0.25) is 4.57 Å². The van der Waals surface area contributed by atoms with Crippen molar-refractivity contribution in [2.45, 2.75) is 65.0 Å². The van der Waals surface area contributed by atoms with Crippen molar-refractivity contribution < 1.29 is 14.3 Å². The number of carbonyl (C=O) groups excluding carboxylic acids is 1. The maximum atomic E-state index is 12.8. The third-order valence-corrected chi connectivity index (χ3v) is 11.5. The van der Waals surface area contributed by atoms with E-state index in [2.05, 4.69) is 51.9 Å². The van der Waals surface area contributed by atoms with Crippen LogP contribution in [-0.4, -0.2) is 67.1 Å².